The van der Waals surface area contributed by atoms with Crippen molar-refractivity contribution in [2.24, 2.45) is 11.7 Å². The number of aliphatic hydroxyl groups excluding tert-OH is 1. The second kappa shape index (κ2) is 15.3. The average Bonchev–Trinajstić information content (AvgIpc) is 3.35. The number of amides is 6. The van der Waals surface area contributed by atoms with Crippen LogP contribution in [0.3, 0.4) is 0 Å². The van der Waals surface area contributed by atoms with Crippen molar-refractivity contribution in [3.8, 4) is 0 Å². The zero-order valence-corrected chi connectivity index (χ0v) is 22.2. The molecule has 212 valence electrons. The van der Waals surface area contributed by atoms with Crippen LogP contribution in [0.1, 0.15) is 46.7 Å². The van der Waals surface area contributed by atoms with Crippen molar-refractivity contribution in [2.75, 3.05) is 6.54 Å². The van der Waals surface area contributed by atoms with E-state index in [2.05, 4.69) is 36.6 Å². The van der Waals surface area contributed by atoms with Gasteiger partial charge >= 0.3 is 0 Å². The van der Waals surface area contributed by atoms with Crippen molar-refractivity contribution in [1.29, 1.82) is 0 Å². The first-order valence-corrected chi connectivity index (χ1v) is 12.2. The van der Waals surface area contributed by atoms with E-state index in [1.165, 1.54) is 33.3 Å². The number of carbonyl (C=O) groups excluding carboxylic acids is 6. The minimum Gasteiger partial charge on any atom is -0.391 e. The molecule has 9 N–H and O–H groups in total. The second-order valence-electron chi connectivity index (χ2n) is 9.04. The first-order valence-electron chi connectivity index (χ1n) is 12.2. The van der Waals surface area contributed by atoms with Crippen LogP contribution in [0.25, 0.3) is 0 Å². The van der Waals surface area contributed by atoms with Gasteiger partial charge in [-0.1, -0.05) is 20.3 Å². The quantitative estimate of drug-likeness (QED) is 0.114. The topological polar surface area (TPSA) is 237 Å². The molecule has 0 aliphatic heterocycles. The van der Waals surface area contributed by atoms with Crippen molar-refractivity contribution >= 4 is 35.4 Å². The van der Waals surface area contributed by atoms with Crippen LogP contribution in [-0.2, 0) is 35.2 Å². The number of imidazole rings is 1. The highest BCUT2D eigenvalue weighted by Crippen LogP contribution is 2.09. The van der Waals surface area contributed by atoms with Gasteiger partial charge in [0, 0.05) is 25.2 Å². The van der Waals surface area contributed by atoms with E-state index in [1.807, 2.05) is 6.92 Å². The number of aliphatic hydroxyl groups is 1. The van der Waals surface area contributed by atoms with Gasteiger partial charge in [0.2, 0.25) is 35.4 Å². The fourth-order valence-corrected chi connectivity index (χ4v) is 3.32. The van der Waals surface area contributed by atoms with Crippen LogP contribution in [0.15, 0.2) is 12.5 Å². The lowest BCUT2D eigenvalue weighted by molar-refractivity contribution is -0.136. The highest BCUT2D eigenvalue weighted by Gasteiger charge is 2.33. The summed E-state index contributed by atoms with van der Waals surface area (Å²) in [5, 5.41) is 22.3. The molecule has 0 bridgehead atoms. The molecule has 15 heteroatoms. The fourth-order valence-electron chi connectivity index (χ4n) is 3.32. The Kier molecular flexibility index (Phi) is 12.9. The van der Waals surface area contributed by atoms with Crippen molar-refractivity contribution in [1.82, 2.24) is 36.6 Å². The number of aromatic amines is 1. The number of carbonyl (C=O) groups is 6. The van der Waals surface area contributed by atoms with Crippen LogP contribution in [0.4, 0.5) is 0 Å². The highest BCUT2D eigenvalue weighted by atomic mass is 16.3. The molecule has 0 saturated carbocycles. The Morgan fingerprint density at radius 3 is 2.11 bits per heavy atom. The van der Waals surface area contributed by atoms with Crippen molar-refractivity contribution < 1.29 is 33.9 Å². The number of nitrogens with two attached hydrogens (primary N) is 1. The maximum atomic E-state index is 13.2. The third-order valence-corrected chi connectivity index (χ3v) is 5.76. The third kappa shape index (κ3) is 10.5. The van der Waals surface area contributed by atoms with Crippen molar-refractivity contribution in [2.45, 2.75) is 77.7 Å². The molecule has 15 nitrogen and oxygen atoms in total. The van der Waals surface area contributed by atoms with E-state index in [0.29, 0.717) is 12.1 Å². The van der Waals surface area contributed by atoms with Gasteiger partial charge in [0.25, 0.3) is 0 Å². The molecule has 1 aromatic rings. The molecular formula is C23H38N8O7. The SMILES string of the molecule is CC[C@H](C)[C@H](NC(=O)[C@@H](NC(=O)[C@H](Cc1cnc[nH]1)NC(=O)[C@H](C)NC(=O)CNC(C)=O)[C@@H](C)O)C(N)=O. The normalized spacial score (nSPS) is 15.5. The minimum atomic E-state index is -1.47. The summed E-state index contributed by atoms with van der Waals surface area (Å²) in [6.07, 6.45) is 1.93. The summed E-state index contributed by atoms with van der Waals surface area (Å²) in [5.74, 6) is -4.46. The van der Waals surface area contributed by atoms with Crippen LogP contribution in [0.2, 0.25) is 0 Å². The number of hydrogen-bond donors (Lipinski definition) is 8. The van der Waals surface area contributed by atoms with Crippen molar-refractivity contribution in [3.63, 3.8) is 0 Å². The van der Waals surface area contributed by atoms with Gasteiger partial charge in [0.05, 0.1) is 19.0 Å². The summed E-state index contributed by atoms with van der Waals surface area (Å²) in [4.78, 5) is 80.2. The molecule has 38 heavy (non-hydrogen) atoms. The molecule has 0 aliphatic rings. The van der Waals surface area contributed by atoms with E-state index >= 15 is 0 Å². The predicted octanol–water partition coefficient (Wildman–Crippen LogP) is -3.04. The lowest BCUT2D eigenvalue weighted by atomic mass is 9.98. The molecule has 1 heterocycles. The van der Waals surface area contributed by atoms with Crippen LogP contribution in [-0.4, -0.2) is 87.3 Å². The maximum absolute atomic E-state index is 13.2. The first-order chi connectivity index (χ1) is 17.8. The van der Waals surface area contributed by atoms with Gasteiger partial charge in [-0.15, -0.1) is 0 Å². The second-order valence-corrected chi connectivity index (χ2v) is 9.04. The lowest BCUT2D eigenvalue weighted by Gasteiger charge is -2.28. The molecule has 0 saturated heterocycles. The smallest absolute Gasteiger partial charge is 0.245 e. The van der Waals surface area contributed by atoms with Crippen LogP contribution < -0.4 is 32.3 Å². The van der Waals surface area contributed by atoms with E-state index in [9.17, 15) is 33.9 Å². The van der Waals surface area contributed by atoms with Crippen LogP contribution in [0, 0.1) is 5.92 Å². The number of H-pyrrole nitrogens is 1. The van der Waals surface area contributed by atoms with E-state index in [-0.39, 0.29) is 18.9 Å². The van der Waals surface area contributed by atoms with Crippen LogP contribution in [0.5, 0.6) is 0 Å². The molecule has 0 aliphatic carbocycles. The average molecular weight is 539 g/mol. The Balaban J connectivity index is 3.01. The molecule has 0 unspecified atom stereocenters. The molecule has 0 spiro atoms. The highest BCUT2D eigenvalue weighted by molar-refractivity contribution is 5.96. The summed E-state index contributed by atoms with van der Waals surface area (Å²) in [7, 11) is 0. The minimum absolute atomic E-state index is 0.0605. The summed E-state index contributed by atoms with van der Waals surface area (Å²) >= 11 is 0. The summed E-state index contributed by atoms with van der Waals surface area (Å²) in [6, 6.07) is -4.80. The van der Waals surface area contributed by atoms with Gasteiger partial charge in [-0.3, -0.25) is 28.8 Å². The molecule has 0 radical (unpaired) electrons. The molecular weight excluding hydrogens is 500 g/mol. The zero-order chi connectivity index (χ0) is 29.0. The number of aromatic nitrogens is 2. The summed E-state index contributed by atoms with van der Waals surface area (Å²) < 4.78 is 0. The third-order valence-electron chi connectivity index (χ3n) is 5.76. The zero-order valence-electron chi connectivity index (χ0n) is 22.2. The number of nitrogens with zero attached hydrogens (tertiary/aromatic N) is 1. The van der Waals surface area contributed by atoms with E-state index < -0.39 is 65.7 Å². The Hall–Kier alpha value is -4.01. The number of rotatable bonds is 15. The Bertz CT molecular complexity index is 982. The predicted molar refractivity (Wildman–Crippen MR) is 135 cm³/mol. The monoisotopic (exact) mass is 538 g/mol. The number of nitrogens with one attached hydrogen (secondary N) is 6. The summed E-state index contributed by atoms with van der Waals surface area (Å²) in [6.45, 7) is 7.10. The molecule has 1 aromatic heterocycles. The van der Waals surface area contributed by atoms with Crippen LogP contribution >= 0.6 is 0 Å². The Labute approximate surface area is 220 Å². The van der Waals surface area contributed by atoms with Gasteiger partial charge in [0.1, 0.15) is 24.2 Å². The number of hydrogen-bond acceptors (Lipinski definition) is 8. The lowest BCUT2D eigenvalue weighted by Crippen LogP contribution is -2.61. The van der Waals surface area contributed by atoms with E-state index in [1.54, 1.807) is 6.92 Å². The number of primary amides is 1. The summed E-state index contributed by atoms with van der Waals surface area (Å²) in [5.41, 5.74) is 5.89. The van der Waals surface area contributed by atoms with Gasteiger partial charge < -0.3 is 42.4 Å². The molecule has 1 rings (SSSR count). The van der Waals surface area contributed by atoms with Gasteiger partial charge in [-0.2, -0.15) is 0 Å². The fraction of sp³-hybridized carbons (Fsp3) is 0.609. The van der Waals surface area contributed by atoms with E-state index in [0.717, 1.165) is 0 Å². The molecule has 6 amide bonds. The molecule has 6 atom stereocenters. The largest absolute Gasteiger partial charge is 0.391 e. The first kappa shape index (κ1) is 32.0. The van der Waals surface area contributed by atoms with Gasteiger partial charge in [-0.05, 0) is 19.8 Å². The van der Waals surface area contributed by atoms with Crippen molar-refractivity contribution in [3.05, 3.63) is 18.2 Å². The van der Waals surface area contributed by atoms with Gasteiger partial charge in [-0.25, -0.2) is 4.98 Å². The Morgan fingerprint density at radius 2 is 1.61 bits per heavy atom. The molecule has 0 aromatic carbocycles. The van der Waals surface area contributed by atoms with E-state index in [4.69, 9.17) is 5.73 Å². The van der Waals surface area contributed by atoms with Gasteiger partial charge in [0.15, 0.2) is 0 Å². The molecule has 0 fully saturated rings. The maximum Gasteiger partial charge on any atom is 0.245 e. The Morgan fingerprint density at radius 1 is 0.974 bits per heavy atom. The standard InChI is InChI=1S/C23H38N8O7/c1-6-11(2)18(20(24)35)30-23(38)19(13(4)32)31-22(37)16(7-15-8-25-10-27-15)29-21(36)12(3)28-17(34)9-26-14(5)33/h8,10-13,16,18-19,32H,6-7,9H2,1-5H3,(H2,24,35)(H,25,27)(H,26,33)(H,28,34)(H,29,36)(H,30,38)(H,31,37)/t11-,12-,13+,16-,18-,19-/m0/s1.